The van der Waals surface area contributed by atoms with Crippen LogP contribution >= 0.6 is 23.1 Å². The summed E-state index contributed by atoms with van der Waals surface area (Å²) in [6.07, 6.45) is 1.61. The number of thiazole rings is 1. The van der Waals surface area contributed by atoms with Crippen molar-refractivity contribution in [3.63, 3.8) is 0 Å². The monoisotopic (exact) mass is 417 g/mol. The fraction of sp³-hybridized carbons (Fsp3) is 0.368. The van der Waals surface area contributed by atoms with Gasteiger partial charge in [-0.2, -0.15) is 0 Å². The van der Waals surface area contributed by atoms with E-state index in [9.17, 15) is 4.79 Å². The van der Waals surface area contributed by atoms with Gasteiger partial charge in [0.05, 0.1) is 45.9 Å². The van der Waals surface area contributed by atoms with E-state index in [1.807, 2.05) is 25.3 Å². The molecule has 1 amide bonds. The van der Waals surface area contributed by atoms with Gasteiger partial charge in [-0.15, -0.1) is 23.1 Å². The molecule has 0 aliphatic carbocycles. The Morgan fingerprint density at radius 3 is 2.82 bits per heavy atom. The summed E-state index contributed by atoms with van der Waals surface area (Å²) in [5.74, 6) is 1.34. The Morgan fingerprint density at radius 1 is 1.43 bits per heavy atom. The van der Waals surface area contributed by atoms with Crippen LogP contribution in [-0.2, 0) is 4.74 Å². The van der Waals surface area contributed by atoms with Crippen LogP contribution in [0.5, 0.6) is 0 Å². The average molecular weight is 418 g/mol. The van der Waals surface area contributed by atoms with Crippen LogP contribution in [0.25, 0.3) is 5.70 Å². The van der Waals surface area contributed by atoms with E-state index in [-0.39, 0.29) is 5.91 Å². The molecule has 1 fully saturated rings. The number of thioether (sulfide) groups is 1. The van der Waals surface area contributed by atoms with E-state index in [0.717, 1.165) is 27.1 Å². The number of carbonyl (C=O) groups excluding carboxylic acids is 1. The number of nitrogens with one attached hydrogen (secondary N) is 1. The third-order valence-corrected chi connectivity index (χ3v) is 5.94. The lowest BCUT2D eigenvalue weighted by atomic mass is 10.2. The van der Waals surface area contributed by atoms with Gasteiger partial charge in [0.15, 0.2) is 0 Å². The highest BCUT2D eigenvalue weighted by atomic mass is 32.2. The quantitative estimate of drug-likeness (QED) is 0.422. The zero-order chi connectivity index (χ0) is 19.9. The van der Waals surface area contributed by atoms with E-state index in [1.165, 1.54) is 0 Å². The lowest BCUT2D eigenvalue weighted by molar-refractivity contribution is 0.0302. The Kier molecular flexibility index (Phi) is 7.18. The Morgan fingerprint density at radius 2 is 2.21 bits per heavy atom. The largest absolute Gasteiger partial charge is 0.378 e. The maximum absolute atomic E-state index is 12.4. The lowest BCUT2D eigenvalue weighted by Crippen LogP contribution is -2.40. The van der Waals surface area contributed by atoms with Crippen molar-refractivity contribution < 1.29 is 9.53 Å². The molecule has 0 unspecified atom stereocenters. The third-order valence-electron chi connectivity index (χ3n) is 4.15. The number of hydrogen-bond acceptors (Lipinski definition) is 8. The van der Waals surface area contributed by atoms with Crippen LogP contribution in [0, 0.1) is 13.8 Å². The number of pyridine rings is 1. The first-order valence-corrected chi connectivity index (χ1v) is 10.7. The van der Waals surface area contributed by atoms with E-state index in [1.54, 1.807) is 40.3 Å². The van der Waals surface area contributed by atoms with Gasteiger partial charge >= 0.3 is 0 Å². The molecule has 28 heavy (non-hydrogen) atoms. The molecule has 0 bridgehead atoms. The summed E-state index contributed by atoms with van der Waals surface area (Å²) in [6, 6.07) is 3.62. The van der Waals surface area contributed by atoms with Crippen molar-refractivity contribution in [3.05, 3.63) is 44.9 Å². The van der Waals surface area contributed by atoms with Crippen LogP contribution in [0.3, 0.4) is 0 Å². The first kappa shape index (κ1) is 20.5. The zero-order valence-corrected chi connectivity index (χ0v) is 17.6. The summed E-state index contributed by atoms with van der Waals surface area (Å²) in [4.78, 5) is 28.1. The number of carbonyl (C=O) groups is 1. The summed E-state index contributed by atoms with van der Waals surface area (Å²) < 4.78 is 5.28. The molecule has 1 aliphatic heterocycles. The van der Waals surface area contributed by atoms with E-state index in [2.05, 4.69) is 27.0 Å². The van der Waals surface area contributed by atoms with E-state index < -0.39 is 0 Å². The van der Waals surface area contributed by atoms with Crippen LogP contribution < -0.4 is 5.32 Å². The fourth-order valence-electron chi connectivity index (χ4n) is 2.74. The number of morpholine rings is 1. The standard InChI is InChI=1S/C19H23N5O2S2/c1-13-18(28-14(2)23-13)16(20-3)11-27-12-22-17-5-4-15(10-21-17)19(25)24-6-8-26-9-7-24/h4-5,10-11H,3,6-9,12H2,1-2H3,(H,21,22)/b16-11-. The van der Waals surface area contributed by atoms with Crippen molar-refractivity contribution >= 4 is 47.2 Å². The van der Waals surface area contributed by atoms with Crippen LogP contribution in [-0.4, -0.2) is 59.7 Å². The van der Waals surface area contributed by atoms with Gasteiger partial charge in [-0.1, -0.05) is 0 Å². The van der Waals surface area contributed by atoms with E-state index in [0.29, 0.717) is 37.7 Å². The number of aromatic nitrogens is 2. The fourth-order valence-corrected chi connectivity index (χ4v) is 4.38. The number of anilines is 1. The Balaban J connectivity index is 1.52. The molecule has 0 radical (unpaired) electrons. The first-order valence-electron chi connectivity index (χ1n) is 8.88. The highest BCUT2D eigenvalue weighted by Gasteiger charge is 2.18. The predicted octanol–water partition coefficient (Wildman–Crippen LogP) is 3.43. The van der Waals surface area contributed by atoms with Crippen LogP contribution in [0.15, 0.2) is 28.7 Å². The van der Waals surface area contributed by atoms with Crippen molar-refractivity contribution in [2.45, 2.75) is 13.8 Å². The molecule has 3 heterocycles. The molecule has 2 aromatic heterocycles. The molecule has 0 aromatic carbocycles. The van der Waals surface area contributed by atoms with Gasteiger partial charge in [-0.3, -0.25) is 9.79 Å². The number of amides is 1. The van der Waals surface area contributed by atoms with Crippen LogP contribution in [0.2, 0.25) is 0 Å². The minimum absolute atomic E-state index is 0.00317. The molecule has 7 nitrogen and oxygen atoms in total. The molecule has 0 spiro atoms. The maximum Gasteiger partial charge on any atom is 0.255 e. The summed E-state index contributed by atoms with van der Waals surface area (Å²) in [6.45, 7) is 10.0. The molecule has 148 valence electrons. The van der Waals surface area contributed by atoms with E-state index >= 15 is 0 Å². The SMILES string of the molecule is C=N/C(=C\SCNc1ccc(C(=O)N2CCOCC2)cn1)c1sc(C)nc1C. The number of nitrogens with zero attached hydrogens (tertiary/aromatic N) is 4. The van der Waals surface area contributed by atoms with Crippen molar-refractivity contribution in [1.82, 2.24) is 14.9 Å². The molecule has 3 rings (SSSR count). The molecule has 9 heteroatoms. The second-order valence-corrected chi connectivity index (χ2v) is 8.19. The average Bonchev–Trinajstić information content (AvgIpc) is 3.06. The molecule has 1 saturated heterocycles. The minimum Gasteiger partial charge on any atom is -0.378 e. The first-order chi connectivity index (χ1) is 13.6. The normalized spacial score (nSPS) is 14.8. The Hall–Kier alpha value is -2.23. The van der Waals surface area contributed by atoms with Gasteiger partial charge in [0, 0.05) is 19.3 Å². The van der Waals surface area contributed by atoms with E-state index in [4.69, 9.17) is 4.74 Å². The molecular formula is C19H23N5O2S2. The van der Waals surface area contributed by atoms with Crippen molar-refractivity contribution in [1.29, 1.82) is 0 Å². The number of rotatable bonds is 7. The summed E-state index contributed by atoms with van der Waals surface area (Å²) in [5.41, 5.74) is 2.39. The second-order valence-electron chi connectivity index (χ2n) is 6.13. The highest BCUT2D eigenvalue weighted by Crippen LogP contribution is 2.28. The number of aliphatic imine (C=N–C) groups is 1. The summed E-state index contributed by atoms with van der Waals surface area (Å²) in [7, 11) is 0. The highest BCUT2D eigenvalue weighted by molar-refractivity contribution is 8.02. The molecule has 0 atom stereocenters. The van der Waals surface area contributed by atoms with Gasteiger partial charge in [0.1, 0.15) is 5.82 Å². The van der Waals surface area contributed by atoms with Crippen LogP contribution in [0.1, 0.15) is 25.9 Å². The topological polar surface area (TPSA) is 79.7 Å². The van der Waals surface area contributed by atoms with Gasteiger partial charge in [-0.25, -0.2) is 9.97 Å². The Labute approximate surface area is 172 Å². The number of ether oxygens (including phenoxy) is 1. The second kappa shape index (κ2) is 9.81. The third kappa shape index (κ3) is 5.18. The zero-order valence-electron chi connectivity index (χ0n) is 16.0. The van der Waals surface area contributed by atoms with Crippen molar-refractivity contribution in [3.8, 4) is 0 Å². The van der Waals surface area contributed by atoms with Gasteiger partial charge in [0.2, 0.25) is 0 Å². The predicted molar refractivity (Wildman–Crippen MR) is 116 cm³/mol. The molecular weight excluding hydrogens is 394 g/mol. The maximum atomic E-state index is 12.4. The van der Waals surface area contributed by atoms with Gasteiger partial charge in [-0.05, 0) is 38.1 Å². The van der Waals surface area contributed by atoms with Gasteiger partial charge in [0.25, 0.3) is 5.91 Å². The van der Waals surface area contributed by atoms with Crippen molar-refractivity contribution in [2.24, 2.45) is 4.99 Å². The molecule has 0 saturated carbocycles. The van der Waals surface area contributed by atoms with Gasteiger partial charge < -0.3 is 15.0 Å². The lowest BCUT2D eigenvalue weighted by Gasteiger charge is -2.26. The van der Waals surface area contributed by atoms with Crippen molar-refractivity contribution in [2.75, 3.05) is 37.5 Å². The van der Waals surface area contributed by atoms with Crippen LogP contribution in [0.4, 0.5) is 5.82 Å². The number of aryl methyl sites for hydroxylation is 2. The summed E-state index contributed by atoms with van der Waals surface area (Å²) in [5, 5.41) is 6.21. The molecule has 2 aromatic rings. The molecule has 1 N–H and O–H groups in total. The molecule has 1 aliphatic rings. The Bertz CT molecular complexity index is 858. The smallest absolute Gasteiger partial charge is 0.255 e. The summed E-state index contributed by atoms with van der Waals surface area (Å²) >= 11 is 3.18. The minimum atomic E-state index is -0.00317. The number of hydrogen-bond donors (Lipinski definition) is 1.